The Kier molecular flexibility index (Phi) is 4.83. The SMILES string of the molecule is NC(=O)c1ccc(NC(=O)COC(=O)C[C@H]2C[C@H]3CC[C@H]2C3)cc1. The van der Waals surface area contributed by atoms with Crippen LogP contribution in [0, 0.1) is 17.8 Å². The number of benzene rings is 1. The molecule has 6 heteroatoms. The van der Waals surface area contributed by atoms with Crippen molar-refractivity contribution in [2.24, 2.45) is 23.5 Å². The smallest absolute Gasteiger partial charge is 0.306 e. The van der Waals surface area contributed by atoms with E-state index >= 15 is 0 Å². The topological polar surface area (TPSA) is 98.5 Å². The van der Waals surface area contributed by atoms with E-state index in [1.165, 1.54) is 31.4 Å². The van der Waals surface area contributed by atoms with Gasteiger partial charge in [-0.15, -0.1) is 0 Å². The second kappa shape index (κ2) is 7.03. The van der Waals surface area contributed by atoms with E-state index in [1.807, 2.05) is 0 Å². The number of ether oxygens (including phenoxy) is 1. The summed E-state index contributed by atoms with van der Waals surface area (Å²) in [6.45, 7) is -0.294. The van der Waals surface area contributed by atoms with E-state index in [4.69, 9.17) is 10.5 Å². The summed E-state index contributed by atoms with van der Waals surface area (Å²) in [5, 5.41) is 2.62. The number of rotatable bonds is 6. The van der Waals surface area contributed by atoms with E-state index in [9.17, 15) is 14.4 Å². The Morgan fingerprint density at radius 2 is 1.88 bits per heavy atom. The van der Waals surface area contributed by atoms with Crippen molar-refractivity contribution < 1.29 is 19.1 Å². The maximum Gasteiger partial charge on any atom is 0.306 e. The minimum absolute atomic E-state index is 0.294. The van der Waals surface area contributed by atoms with Crippen molar-refractivity contribution in [3.8, 4) is 0 Å². The Labute approximate surface area is 140 Å². The Balaban J connectivity index is 1.40. The van der Waals surface area contributed by atoms with Gasteiger partial charge in [0.2, 0.25) is 5.91 Å². The van der Waals surface area contributed by atoms with E-state index < -0.39 is 11.8 Å². The lowest BCUT2D eigenvalue weighted by Gasteiger charge is -2.20. The third kappa shape index (κ3) is 3.93. The van der Waals surface area contributed by atoms with Crippen LogP contribution >= 0.6 is 0 Å². The van der Waals surface area contributed by atoms with Gasteiger partial charge in [-0.3, -0.25) is 14.4 Å². The van der Waals surface area contributed by atoms with Crippen LogP contribution in [0.3, 0.4) is 0 Å². The van der Waals surface area contributed by atoms with Gasteiger partial charge in [0.05, 0.1) is 0 Å². The molecule has 0 heterocycles. The lowest BCUT2D eigenvalue weighted by molar-refractivity contribution is -0.148. The minimum atomic E-state index is -0.526. The standard InChI is InChI=1S/C18H22N2O4/c19-18(23)12-3-5-15(6-4-12)20-16(21)10-24-17(22)9-14-8-11-1-2-13(14)7-11/h3-6,11,13-14H,1-2,7-10H2,(H2,19,23)(H,20,21)/t11-,13-,14+/m0/s1. The normalized spacial score (nSPS) is 24.6. The number of hydrogen-bond acceptors (Lipinski definition) is 4. The third-order valence-electron chi connectivity index (χ3n) is 5.13. The molecule has 2 aliphatic rings. The second-order valence-corrected chi connectivity index (χ2v) is 6.79. The van der Waals surface area contributed by atoms with Gasteiger partial charge in [-0.05, 0) is 61.3 Å². The van der Waals surface area contributed by atoms with E-state index in [2.05, 4.69) is 5.32 Å². The third-order valence-corrected chi connectivity index (χ3v) is 5.13. The number of nitrogens with two attached hydrogens (primary N) is 1. The lowest BCUT2D eigenvalue weighted by Crippen LogP contribution is -2.23. The van der Waals surface area contributed by atoms with Gasteiger partial charge in [0.1, 0.15) is 0 Å². The number of fused-ring (bicyclic) bond motifs is 2. The summed E-state index contributed by atoms with van der Waals surface area (Å²) in [6, 6.07) is 6.21. The first-order chi connectivity index (χ1) is 11.5. The molecule has 2 aliphatic carbocycles. The molecular formula is C18H22N2O4. The van der Waals surface area contributed by atoms with Gasteiger partial charge in [0.15, 0.2) is 6.61 Å². The molecule has 1 aromatic rings. The molecule has 0 aromatic heterocycles. The maximum absolute atomic E-state index is 11.9. The molecule has 2 saturated carbocycles. The average molecular weight is 330 g/mol. The molecule has 0 saturated heterocycles. The Morgan fingerprint density at radius 3 is 2.46 bits per heavy atom. The molecule has 6 nitrogen and oxygen atoms in total. The summed E-state index contributed by atoms with van der Waals surface area (Å²) in [6.07, 6.45) is 5.32. The molecular weight excluding hydrogens is 308 g/mol. The van der Waals surface area contributed by atoms with Gasteiger partial charge < -0.3 is 15.8 Å². The molecule has 0 radical (unpaired) electrons. The number of amides is 2. The summed E-state index contributed by atoms with van der Waals surface area (Å²) in [4.78, 5) is 34.7. The fraction of sp³-hybridized carbons (Fsp3) is 0.500. The molecule has 0 aliphatic heterocycles. The molecule has 24 heavy (non-hydrogen) atoms. The molecule has 2 bridgehead atoms. The molecule has 3 N–H and O–H groups in total. The van der Waals surface area contributed by atoms with E-state index in [1.54, 1.807) is 12.1 Å². The summed E-state index contributed by atoms with van der Waals surface area (Å²) >= 11 is 0. The fourth-order valence-electron chi connectivity index (χ4n) is 3.96. The number of hydrogen-bond donors (Lipinski definition) is 2. The van der Waals surface area contributed by atoms with E-state index in [0.29, 0.717) is 29.5 Å². The number of carbonyl (C=O) groups excluding carboxylic acids is 3. The van der Waals surface area contributed by atoms with Crippen molar-refractivity contribution in [1.29, 1.82) is 0 Å². The maximum atomic E-state index is 11.9. The summed E-state index contributed by atoms with van der Waals surface area (Å²) in [7, 11) is 0. The number of nitrogens with one attached hydrogen (secondary N) is 1. The van der Waals surface area contributed by atoms with Crippen molar-refractivity contribution in [3.05, 3.63) is 29.8 Å². The Morgan fingerprint density at radius 1 is 1.12 bits per heavy atom. The highest BCUT2D eigenvalue weighted by Crippen LogP contribution is 2.49. The first-order valence-corrected chi connectivity index (χ1v) is 8.36. The van der Waals surface area contributed by atoms with Crippen LogP contribution in [0.25, 0.3) is 0 Å². The summed E-state index contributed by atoms with van der Waals surface area (Å²) < 4.78 is 5.08. The zero-order valence-corrected chi connectivity index (χ0v) is 13.5. The van der Waals surface area contributed by atoms with Gasteiger partial charge in [0, 0.05) is 17.7 Å². The van der Waals surface area contributed by atoms with Crippen molar-refractivity contribution in [2.75, 3.05) is 11.9 Å². The van der Waals surface area contributed by atoms with Crippen LogP contribution in [0.2, 0.25) is 0 Å². The van der Waals surface area contributed by atoms with Crippen molar-refractivity contribution in [2.45, 2.75) is 32.1 Å². The van der Waals surface area contributed by atoms with Crippen LogP contribution in [0.4, 0.5) is 5.69 Å². The fourth-order valence-corrected chi connectivity index (χ4v) is 3.96. The van der Waals surface area contributed by atoms with Gasteiger partial charge in [-0.2, -0.15) is 0 Å². The minimum Gasteiger partial charge on any atom is -0.456 e. The summed E-state index contributed by atoms with van der Waals surface area (Å²) in [5.41, 5.74) is 6.04. The van der Waals surface area contributed by atoms with Crippen LogP contribution in [-0.2, 0) is 14.3 Å². The first kappa shape index (κ1) is 16.5. The lowest BCUT2D eigenvalue weighted by atomic mass is 9.86. The quantitative estimate of drug-likeness (QED) is 0.780. The van der Waals surface area contributed by atoms with Gasteiger partial charge >= 0.3 is 5.97 Å². The van der Waals surface area contributed by atoms with E-state index in [0.717, 1.165) is 12.3 Å². The largest absolute Gasteiger partial charge is 0.456 e. The summed E-state index contributed by atoms with van der Waals surface area (Å²) in [5.74, 6) is 0.664. The van der Waals surface area contributed by atoms with Crippen LogP contribution < -0.4 is 11.1 Å². The molecule has 1 aromatic carbocycles. The monoisotopic (exact) mass is 330 g/mol. The highest BCUT2D eigenvalue weighted by molar-refractivity contribution is 5.95. The van der Waals surface area contributed by atoms with Crippen molar-refractivity contribution in [3.63, 3.8) is 0 Å². The van der Waals surface area contributed by atoms with Crippen molar-refractivity contribution >= 4 is 23.5 Å². The van der Waals surface area contributed by atoms with Crippen LogP contribution in [0.1, 0.15) is 42.5 Å². The van der Waals surface area contributed by atoms with Gasteiger partial charge in [-0.25, -0.2) is 0 Å². The average Bonchev–Trinajstić information content (AvgIpc) is 3.16. The van der Waals surface area contributed by atoms with Gasteiger partial charge in [0.25, 0.3) is 5.91 Å². The Bertz CT molecular complexity index is 641. The van der Waals surface area contributed by atoms with Crippen LogP contribution in [0.5, 0.6) is 0 Å². The number of anilines is 1. The number of primary amides is 1. The molecule has 0 unspecified atom stereocenters. The molecule has 3 rings (SSSR count). The molecule has 0 spiro atoms. The predicted molar refractivity (Wildman–Crippen MR) is 88.1 cm³/mol. The highest BCUT2D eigenvalue weighted by Gasteiger charge is 2.40. The zero-order valence-electron chi connectivity index (χ0n) is 13.5. The Hall–Kier alpha value is -2.37. The van der Waals surface area contributed by atoms with Crippen LogP contribution in [0.15, 0.2) is 24.3 Å². The van der Waals surface area contributed by atoms with Crippen molar-refractivity contribution in [1.82, 2.24) is 0 Å². The zero-order chi connectivity index (χ0) is 17.1. The highest BCUT2D eigenvalue weighted by atomic mass is 16.5. The number of esters is 1. The molecule has 3 atom stereocenters. The molecule has 128 valence electrons. The number of carbonyl (C=O) groups is 3. The molecule has 2 fully saturated rings. The molecule has 2 amide bonds. The second-order valence-electron chi connectivity index (χ2n) is 6.79. The van der Waals surface area contributed by atoms with Gasteiger partial charge in [-0.1, -0.05) is 6.42 Å². The first-order valence-electron chi connectivity index (χ1n) is 8.36. The van der Waals surface area contributed by atoms with E-state index in [-0.39, 0.29) is 12.6 Å². The van der Waals surface area contributed by atoms with Crippen LogP contribution in [-0.4, -0.2) is 24.4 Å². The predicted octanol–water partition coefficient (Wildman–Crippen LogP) is 2.09.